The summed E-state index contributed by atoms with van der Waals surface area (Å²) in [5.41, 5.74) is 1.79. The molecule has 2 aromatic heterocycles. The fourth-order valence-corrected chi connectivity index (χ4v) is 3.13. The molecule has 3 aromatic rings. The molecule has 20 heavy (non-hydrogen) atoms. The molecule has 0 amide bonds. The molecule has 0 aliphatic heterocycles. The molecule has 1 unspecified atom stereocenters. The number of nitrogens with zero attached hydrogens (tertiary/aromatic N) is 1. The van der Waals surface area contributed by atoms with E-state index in [4.69, 9.17) is 0 Å². The van der Waals surface area contributed by atoms with E-state index < -0.39 is 5.97 Å². The van der Waals surface area contributed by atoms with Crippen molar-refractivity contribution in [2.75, 3.05) is 0 Å². The van der Waals surface area contributed by atoms with Crippen LogP contribution in [0.3, 0.4) is 0 Å². The number of aromatic nitrogens is 2. The number of nitrogens with one attached hydrogen (secondary N) is 1. The van der Waals surface area contributed by atoms with Crippen LogP contribution in [0.2, 0.25) is 0 Å². The summed E-state index contributed by atoms with van der Waals surface area (Å²) in [5.74, 6) is -1.04. The summed E-state index contributed by atoms with van der Waals surface area (Å²) in [6, 6.07) is 6.56. The number of carboxylic acids is 1. The van der Waals surface area contributed by atoms with Crippen LogP contribution in [-0.4, -0.2) is 20.6 Å². The van der Waals surface area contributed by atoms with Gasteiger partial charge >= 0.3 is 11.7 Å². The molecule has 0 spiro atoms. The quantitative estimate of drug-likeness (QED) is 0.778. The molecule has 2 N–H and O–H groups in total. The molecule has 102 valence electrons. The van der Waals surface area contributed by atoms with Gasteiger partial charge in [0.2, 0.25) is 0 Å². The van der Waals surface area contributed by atoms with Crippen LogP contribution in [-0.2, 0) is 0 Å². The number of imidazole rings is 1. The molecular formula is C14H12N2O3S. The van der Waals surface area contributed by atoms with Gasteiger partial charge in [-0.05, 0) is 41.4 Å². The van der Waals surface area contributed by atoms with Crippen molar-refractivity contribution in [3.05, 3.63) is 56.6 Å². The molecular weight excluding hydrogens is 276 g/mol. The van der Waals surface area contributed by atoms with Gasteiger partial charge in [-0.15, -0.1) is 0 Å². The first kappa shape index (κ1) is 12.7. The van der Waals surface area contributed by atoms with Crippen molar-refractivity contribution in [2.24, 2.45) is 0 Å². The van der Waals surface area contributed by atoms with E-state index in [2.05, 4.69) is 4.98 Å². The Morgan fingerprint density at radius 3 is 2.85 bits per heavy atom. The highest BCUT2D eigenvalue weighted by Crippen LogP contribution is 2.25. The monoisotopic (exact) mass is 288 g/mol. The Bertz CT molecular complexity index is 830. The third-order valence-electron chi connectivity index (χ3n) is 3.38. The van der Waals surface area contributed by atoms with Crippen molar-refractivity contribution < 1.29 is 9.90 Å². The Labute approximate surface area is 118 Å². The average Bonchev–Trinajstić information content (AvgIpc) is 3.03. The summed E-state index contributed by atoms with van der Waals surface area (Å²) in [6.07, 6.45) is 0. The highest BCUT2D eigenvalue weighted by atomic mass is 32.1. The number of fused-ring (bicyclic) bond motifs is 1. The van der Waals surface area contributed by atoms with Crippen LogP contribution >= 0.6 is 11.3 Å². The van der Waals surface area contributed by atoms with Gasteiger partial charge < -0.3 is 10.1 Å². The summed E-state index contributed by atoms with van der Waals surface area (Å²) in [4.78, 5) is 26.2. The van der Waals surface area contributed by atoms with Gasteiger partial charge in [0.25, 0.3) is 0 Å². The largest absolute Gasteiger partial charge is 0.478 e. The van der Waals surface area contributed by atoms with Crippen molar-refractivity contribution in [2.45, 2.75) is 13.0 Å². The maximum atomic E-state index is 12.2. The van der Waals surface area contributed by atoms with Crippen molar-refractivity contribution in [3.63, 3.8) is 0 Å². The maximum Gasteiger partial charge on any atom is 0.337 e. The lowest BCUT2D eigenvalue weighted by atomic mass is 10.1. The van der Waals surface area contributed by atoms with Crippen molar-refractivity contribution >= 4 is 28.3 Å². The highest BCUT2D eigenvalue weighted by molar-refractivity contribution is 7.07. The van der Waals surface area contributed by atoms with E-state index in [0.29, 0.717) is 11.0 Å². The number of carbonyl (C=O) groups is 1. The SMILES string of the molecule is CC(c1ccsc1)n1c(=O)[nH]c2cccc(C(=O)O)c21. The molecule has 0 aliphatic carbocycles. The van der Waals surface area contributed by atoms with Gasteiger partial charge in [0, 0.05) is 0 Å². The minimum absolute atomic E-state index is 0.128. The van der Waals surface area contributed by atoms with Crippen LogP contribution in [0.25, 0.3) is 11.0 Å². The highest BCUT2D eigenvalue weighted by Gasteiger charge is 2.20. The third-order valence-corrected chi connectivity index (χ3v) is 4.08. The predicted octanol–water partition coefficient (Wildman–Crippen LogP) is 2.70. The van der Waals surface area contributed by atoms with Gasteiger partial charge in [-0.1, -0.05) is 6.07 Å². The number of aromatic amines is 1. The molecule has 1 atom stereocenters. The Kier molecular flexibility index (Phi) is 2.94. The Balaban J connectivity index is 2.32. The second-order valence-corrected chi connectivity index (χ2v) is 5.32. The summed E-state index contributed by atoms with van der Waals surface area (Å²) < 4.78 is 1.50. The van der Waals surface area contributed by atoms with Crippen LogP contribution in [0.1, 0.15) is 28.9 Å². The summed E-state index contributed by atoms with van der Waals surface area (Å²) >= 11 is 1.55. The number of aromatic carboxylic acids is 1. The van der Waals surface area contributed by atoms with E-state index in [1.54, 1.807) is 23.5 Å². The van der Waals surface area contributed by atoms with Crippen LogP contribution in [0.4, 0.5) is 0 Å². The molecule has 0 fully saturated rings. The van der Waals surface area contributed by atoms with Crippen LogP contribution in [0.15, 0.2) is 39.8 Å². The smallest absolute Gasteiger partial charge is 0.337 e. The number of carboxylic acid groups (broad SMARTS) is 1. The zero-order valence-electron chi connectivity index (χ0n) is 10.7. The number of thiophene rings is 1. The fourth-order valence-electron chi connectivity index (χ4n) is 2.38. The molecule has 1 aromatic carbocycles. The number of para-hydroxylation sites is 1. The Morgan fingerprint density at radius 2 is 2.20 bits per heavy atom. The molecule has 0 saturated carbocycles. The topological polar surface area (TPSA) is 75.1 Å². The van der Waals surface area contributed by atoms with E-state index >= 15 is 0 Å². The molecule has 6 heteroatoms. The summed E-state index contributed by atoms with van der Waals surface area (Å²) in [5, 5.41) is 13.2. The molecule has 5 nitrogen and oxygen atoms in total. The normalized spacial score (nSPS) is 12.7. The third kappa shape index (κ3) is 1.85. The number of hydrogen-bond donors (Lipinski definition) is 2. The first-order chi connectivity index (χ1) is 9.59. The molecule has 0 bridgehead atoms. The Morgan fingerprint density at radius 1 is 1.40 bits per heavy atom. The summed E-state index contributed by atoms with van der Waals surface area (Å²) in [6.45, 7) is 1.88. The van der Waals surface area contributed by atoms with Gasteiger partial charge in [-0.3, -0.25) is 4.57 Å². The lowest BCUT2D eigenvalue weighted by Crippen LogP contribution is -2.21. The second-order valence-electron chi connectivity index (χ2n) is 4.54. The zero-order chi connectivity index (χ0) is 14.3. The molecule has 3 rings (SSSR count). The lowest BCUT2D eigenvalue weighted by Gasteiger charge is -2.13. The first-order valence-corrected chi connectivity index (χ1v) is 7.02. The number of benzene rings is 1. The van der Waals surface area contributed by atoms with E-state index in [-0.39, 0.29) is 17.3 Å². The number of rotatable bonds is 3. The van der Waals surface area contributed by atoms with Gasteiger partial charge in [0.15, 0.2) is 0 Å². The lowest BCUT2D eigenvalue weighted by molar-refractivity contribution is 0.0698. The van der Waals surface area contributed by atoms with Crippen LogP contribution in [0, 0.1) is 0 Å². The number of H-pyrrole nitrogens is 1. The Hall–Kier alpha value is -2.34. The average molecular weight is 288 g/mol. The minimum Gasteiger partial charge on any atom is -0.478 e. The molecule has 0 saturated heterocycles. The first-order valence-electron chi connectivity index (χ1n) is 6.08. The van der Waals surface area contributed by atoms with Crippen molar-refractivity contribution in [1.29, 1.82) is 0 Å². The zero-order valence-corrected chi connectivity index (χ0v) is 11.5. The van der Waals surface area contributed by atoms with Crippen LogP contribution in [0.5, 0.6) is 0 Å². The van der Waals surface area contributed by atoms with Gasteiger partial charge in [0.1, 0.15) is 0 Å². The van der Waals surface area contributed by atoms with E-state index in [0.717, 1.165) is 5.56 Å². The van der Waals surface area contributed by atoms with Crippen molar-refractivity contribution in [1.82, 2.24) is 9.55 Å². The minimum atomic E-state index is -1.04. The van der Waals surface area contributed by atoms with E-state index in [1.807, 2.05) is 23.8 Å². The second kappa shape index (κ2) is 4.64. The van der Waals surface area contributed by atoms with Crippen molar-refractivity contribution in [3.8, 4) is 0 Å². The van der Waals surface area contributed by atoms with E-state index in [9.17, 15) is 14.7 Å². The molecule has 0 aliphatic rings. The van der Waals surface area contributed by atoms with Gasteiger partial charge in [-0.25, -0.2) is 9.59 Å². The van der Waals surface area contributed by atoms with E-state index in [1.165, 1.54) is 10.6 Å². The molecule has 2 heterocycles. The number of hydrogen-bond acceptors (Lipinski definition) is 3. The van der Waals surface area contributed by atoms with Gasteiger partial charge in [0.05, 0.1) is 22.6 Å². The standard InChI is InChI=1S/C14H12N2O3S/c1-8(9-5-6-20-7-9)16-12-10(13(17)18)3-2-4-11(12)15-14(16)19/h2-8H,1H3,(H,15,19)(H,17,18). The predicted molar refractivity (Wildman–Crippen MR) is 77.7 cm³/mol. The van der Waals surface area contributed by atoms with Gasteiger partial charge in [-0.2, -0.15) is 11.3 Å². The summed E-state index contributed by atoms with van der Waals surface area (Å²) in [7, 11) is 0. The maximum absolute atomic E-state index is 12.2. The fraction of sp³-hybridized carbons (Fsp3) is 0.143. The molecule has 0 radical (unpaired) electrons. The van der Waals surface area contributed by atoms with Crippen LogP contribution < -0.4 is 5.69 Å².